The van der Waals surface area contributed by atoms with E-state index in [9.17, 15) is 0 Å². The van der Waals surface area contributed by atoms with E-state index in [0.29, 0.717) is 0 Å². The lowest BCUT2D eigenvalue weighted by atomic mass is 9.76. The highest BCUT2D eigenvalue weighted by atomic mass is 31.1. The Morgan fingerprint density at radius 2 is 1.08 bits per heavy atom. The van der Waals surface area contributed by atoms with Gasteiger partial charge in [0.05, 0.1) is 0 Å². The molecule has 0 saturated carbocycles. The molecule has 140 valence electrons. The van der Waals surface area contributed by atoms with E-state index in [1.165, 1.54) is 21.7 Å². The van der Waals surface area contributed by atoms with Crippen molar-refractivity contribution in [2.24, 2.45) is 0 Å². The molecule has 1 aliphatic rings. The van der Waals surface area contributed by atoms with E-state index < -0.39 is 0 Å². The topological polar surface area (TPSA) is 9.23 Å². The Balaban J connectivity index is 2.16. The summed E-state index contributed by atoms with van der Waals surface area (Å²) in [6, 6.07) is 13.4. The van der Waals surface area contributed by atoms with Crippen molar-refractivity contribution < 1.29 is 4.74 Å². The summed E-state index contributed by atoms with van der Waals surface area (Å²) in [6.45, 7) is 18.5. The van der Waals surface area contributed by atoms with E-state index in [-0.39, 0.29) is 15.7 Å². The van der Waals surface area contributed by atoms with E-state index >= 15 is 0 Å². The Labute approximate surface area is 162 Å². The van der Waals surface area contributed by atoms with E-state index in [0.717, 1.165) is 28.7 Å². The first-order chi connectivity index (χ1) is 11.9. The van der Waals surface area contributed by atoms with Crippen molar-refractivity contribution >= 4 is 27.8 Å². The van der Waals surface area contributed by atoms with Gasteiger partial charge < -0.3 is 4.74 Å². The average Bonchev–Trinajstić information content (AvgIpc) is 2.46. The van der Waals surface area contributed by atoms with Gasteiger partial charge >= 0.3 is 0 Å². The second-order valence-electron chi connectivity index (χ2n) is 9.84. The molecule has 1 aliphatic heterocycles. The van der Waals surface area contributed by atoms with Crippen LogP contribution in [-0.2, 0) is 5.41 Å². The number of benzene rings is 2. The van der Waals surface area contributed by atoms with Gasteiger partial charge in [-0.05, 0) is 10.3 Å². The first-order valence-corrected chi connectivity index (χ1v) is 11.4. The molecule has 1 nitrogen and oxygen atoms in total. The Morgan fingerprint density at radius 3 is 1.42 bits per heavy atom. The number of hydrogen-bond donors (Lipinski definition) is 0. The second kappa shape index (κ2) is 6.61. The minimum atomic E-state index is -0.0420. The average molecular weight is 386 g/mol. The number of para-hydroxylation sites is 2. The fourth-order valence-corrected chi connectivity index (χ4v) is 6.10. The van der Waals surface area contributed by atoms with Crippen molar-refractivity contribution in [1.82, 2.24) is 0 Å². The molecule has 3 heteroatoms. The van der Waals surface area contributed by atoms with Crippen LogP contribution >= 0.6 is 17.2 Å². The Bertz CT molecular complexity index is 756. The molecule has 0 spiro atoms. The van der Waals surface area contributed by atoms with Crippen molar-refractivity contribution in [3.63, 3.8) is 0 Å². The Morgan fingerprint density at radius 1 is 0.692 bits per heavy atom. The zero-order chi connectivity index (χ0) is 19.3. The summed E-state index contributed by atoms with van der Waals surface area (Å²) in [5.41, 5.74) is 2.59. The number of hydrogen-bond acceptors (Lipinski definition) is 1. The van der Waals surface area contributed by atoms with Gasteiger partial charge in [0.1, 0.15) is 11.5 Å². The summed E-state index contributed by atoms with van der Waals surface area (Å²) in [5, 5.41) is 3.22. The highest BCUT2D eigenvalue weighted by Crippen LogP contribution is 2.50. The fraction of sp³-hybridized carbons (Fsp3) is 0.478. The molecule has 1 heterocycles. The first kappa shape index (κ1) is 19.9. The molecule has 2 unspecified atom stereocenters. The van der Waals surface area contributed by atoms with Gasteiger partial charge in [-0.2, -0.15) is 0 Å². The van der Waals surface area contributed by atoms with Crippen LogP contribution in [0.1, 0.15) is 66.5 Å². The van der Waals surface area contributed by atoms with Gasteiger partial charge in [0, 0.05) is 27.2 Å². The van der Waals surface area contributed by atoms with Crippen LogP contribution in [0.3, 0.4) is 0 Å². The first-order valence-electron chi connectivity index (χ1n) is 9.40. The van der Waals surface area contributed by atoms with E-state index in [2.05, 4.69) is 91.8 Å². The molecule has 0 aliphatic carbocycles. The van der Waals surface area contributed by atoms with Crippen LogP contribution in [0.5, 0.6) is 11.5 Å². The molecule has 2 aromatic carbocycles. The Kier molecular flexibility index (Phi) is 5.05. The summed E-state index contributed by atoms with van der Waals surface area (Å²) < 4.78 is 6.68. The molecule has 26 heavy (non-hydrogen) atoms. The lowest BCUT2D eigenvalue weighted by Gasteiger charge is -2.37. The van der Waals surface area contributed by atoms with Crippen LogP contribution in [0.15, 0.2) is 36.4 Å². The third-order valence-electron chi connectivity index (χ3n) is 4.60. The molecule has 2 aromatic rings. The maximum Gasteiger partial charge on any atom is 0.138 e. The van der Waals surface area contributed by atoms with Crippen LogP contribution in [-0.4, -0.2) is 10.3 Å². The molecule has 3 rings (SSSR count). The monoisotopic (exact) mass is 386 g/mol. The molecule has 0 saturated heterocycles. The zero-order valence-corrected chi connectivity index (χ0v) is 19.4. The van der Waals surface area contributed by atoms with Crippen molar-refractivity contribution in [3.05, 3.63) is 47.5 Å². The minimum Gasteiger partial charge on any atom is -0.455 e. The molecule has 0 fully saturated rings. The van der Waals surface area contributed by atoms with Crippen molar-refractivity contribution in [2.45, 2.75) is 71.1 Å². The third-order valence-corrected chi connectivity index (χ3v) is 7.43. The minimum absolute atomic E-state index is 0.0420. The van der Waals surface area contributed by atoms with Crippen molar-refractivity contribution in [2.75, 3.05) is 0 Å². The van der Waals surface area contributed by atoms with Gasteiger partial charge in [-0.15, -0.1) is 0 Å². The zero-order valence-electron chi connectivity index (χ0n) is 17.4. The van der Waals surface area contributed by atoms with Gasteiger partial charge in [-0.25, -0.2) is 0 Å². The van der Waals surface area contributed by atoms with E-state index in [1.54, 1.807) is 0 Å². The fourth-order valence-electron chi connectivity index (χ4n) is 3.53. The van der Waals surface area contributed by atoms with Crippen LogP contribution in [0.2, 0.25) is 0 Å². The standard InChI is InChI=1S/C23H32OP2/c1-21(2,3)25-17-13-9-11-15-19(17)24-20-16(23(15,7)8)12-10-14-18(20)26-22(4,5)6/h9-14,25-26H,1-8H3. The van der Waals surface area contributed by atoms with Gasteiger partial charge in [-0.3, -0.25) is 0 Å². The molecule has 0 amide bonds. The van der Waals surface area contributed by atoms with Crippen molar-refractivity contribution in [3.8, 4) is 11.5 Å². The largest absolute Gasteiger partial charge is 0.455 e. The van der Waals surface area contributed by atoms with Gasteiger partial charge in [0.15, 0.2) is 0 Å². The maximum absolute atomic E-state index is 6.68. The third kappa shape index (κ3) is 4.00. The summed E-state index contributed by atoms with van der Waals surface area (Å²) in [5.74, 6) is 2.20. The molecule has 0 aromatic heterocycles. The quantitative estimate of drug-likeness (QED) is 0.549. The lowest BCUT2D eigenvalue weighted by molar-refractivity contribution is 0.424. The number of ether oxygens (including phenoxy) is 1. The van der Waals surface area contributed by atoms with Gasteiger partial charge in [0.2, 0.25) is 0 Å². The van der Waals surface area contributed by atoms with Crippen molar-refractivity contribution in [1.29, 1.82) is 0 Å². The Hall–Kier alpha value is -0.900. The van der Waals surface area contributed by atoms with Crippen LogP contribution in [0.25, 0.3) is 0 Å². The SMILES string of the molecule is CC(C)(C)Pc1cccc2c1Oc1c(PC(C)(C)C)cccc1C2(C)C. The predicted octanol–water partition coefficient (Wildman–Crippen LogP) is 6.32. The molecule has 0 N–H and O–H groups in total. The smallest absolute Gasteiger partial charge is 0.138 e. The summed E-state index contributed by atoms with van der Waals surface area (Å²) in [4.78, 5) is 0. The highest BCUT2D eigenvalue weighted by Gasteiger charge is 2.37. The molecule has 0 bridgehead atoms. The maximum atomic E-state index is 6.68. The highest BCUT2D eigenvalue weighted by molar-refractivity contribution is 7.49. The molecule has 0 radical (unpaired) electrons. The summed E-state index contributed by atoms with van der Waals surface area (Å²) >= 11 is 0. The second-order valence-corrected chi connectivity index (χ2v) is 14.4. The normalized spacial score (nSPS) is 16.8. The van der Waals surface area contributed by atoms with Crippen LogP contribution in [0.4, 0.5) is 0 Å². The van der Waals surface area contributed by atoms with E-state index in [4.69, 9.17) is 4.74 Å². The number of fused-ring (bicyclic) bond motifs is 2. The van der Waals surface area contributed by atoms with Crippen LogP contribution in [0, 0.1) is 0 Å². The molecular weight excluding hydrogens is 354 g/mol. The number of rotatable bonds is 2. The van der Waals surface area contributed by atoms with Gasteiger partial charge in [0.25, 0.3) is 0 Å². The summed E-state index contributed by atoms with van der Waals surface area (Å²) in [6.07, 6.45) is 0. The lowest BCUT2D eigenvalue weighted by Crippen LogP contribution is -2.30. The molecule has 2 atom stereocenters. The van der Waals surface area contributed by atoms with Gasteiger partial charge in [-0.1, -0.05) is 109 Å². The van der Waals surface area contributed by atoms with Crippen LogP contribution < -0.4 is 15.3 Å². The summed E-state index contributed by atoms with van der Waals surface area (Å²) in [7, 11) is 1.46. The van der Waals surface area contributed by atoms with E-state index in [1.807, 2.05) is 0 Å². The molecular formula is C23H32OP2. The predicted molar refractivity (Wildman–Crippen MR) is 120 cm³/mol.